The fraction of sp³-hybridized carbons (Fsp3) is 0.700. The van der Waals surface area contributed by atoms with E-state index in [1.807, 2.05) is 0 Å². The van der Waals surface area contributed by atoms with E-state index < -0.39 is 0 Å². The van der Waals surface area contributed by atoms with Crippen molar-refractivity contribution in [1.82, 2.24) is 5.32 Å². The lowest BCUT2D eigenvalue weighted by Gasteiger charge is -2.62. The second-order valence-electron chi connectivity index (χ2n) is 8.25. The lowest BCUT2D eigenvalue weighted by molar-refractivity contribution is -0.0835. The van der Waals surface area contributed by atoms with Crippen molar-refractivity contribution in [2.24, 2.45) is 23.2 Å². The molecule has 2 unspecified atom stereocenters. The Morgan fingerprint density at radius 1 is 1.10 bits per heavy atom. The highest BCUT2D eigenvalue weighted by Crippen LogP contribution is 2.67. The van der Waals surface area contributed by atoms with Crippen LogP contribution in [-0.4, -0.2) is 13.1 Å². The SMILES string of the molecule is CN[C@H](C)CC12C[C@@H]3CC(C[C@@H](C3)C1)[C@H]2c1ccccc1. The summed E-state index contributed by atoms with van der Waals surface area (Å²) in [6.45, 7) is 2.38. The van der Waals surface area contributed by atoms with Crippen molar-refractivity contribution in [1.29, 1.82) is 0 Å². The summed E-state index contributed by atoms with van der Waals surface area (Å²) in [6.07, 6.45) is 8.90. The van der Waals surface area contributed by atoms with Crippen LogP contribution in [-0.2, 0) is 0 Å². The number of hydrogen-bond donors (Lipinski definition) is 1. The summed E-state index contributed by atoms with van der Waals surface area (Å²) in [5, 5.41) is 3.51. The van der Waals surface area contributed by atoms with Gasteiger partial charge in [-0.15, -0.1) is 0 Å². The van der Waals surface area contributed by atoms with Gasteiger partial charge in [0.25, 0.3) is 0 Å². The zero-order chi connectivity index (χ0) is 14.4. The van der Waals surface area contributed by atoms with Gasteiger partial charge in [-0.3, -0.25) is 0 Å². The molecule has 4 fully saturated rings. The summed E-state index contributed by atoms with van der Waals surface area (Å²) in [4.78, 5) is 0. The fourth-order valence-electron chi connectivity index (χ4n) is 6.50. The van der Waals surface area contributed by atoms with E-state index in [-0.39, 0.29) is 0 Å². The van der Waals surface area contributed by atoms with Gasteiger partial charge in [0.2, 0.25) is 0 Å². The van der Waals surface area contributed by atoms with Gasteiger partial charge in [-0.2, -0.15) is 0 Å². The molecule has 0 heterocycles. The maximum Gasteiger partial charge on any atom is 0.00412 e. The highest BCUT2D eigenvalue weighted by molar-refractivity contribution is 5.27. The Kier molecular flexibility index (Phi) is 3.37. The van der Waals surface area contributed by atoms with Crippen molar-refractivity contribution < 1.29 is 0 Å². The first-order valence-electron chi connectivity index (χ1n) is 8.92. The van der Waals surface area contributed by atoms with E-state index in [0.29, 0.717) is 11.5 Å². The summed E-state index contributed by atoms with van der Waals surface area (Å²) in [5.41, 5.74) is 2.21. The van der Waals surface area contributed by atoms with Crippen molar-refractivity contribution >= 4 is 0 Å². The minimum atomic E-state index is 0.582. The summed E-state index contributed by atoms with van der Waals surface area (Å²) in [7, 11) is 2.13. The molecular weight excluding hydrogens is 254 g/mol. The molecule has 0 saturated heterocycles. The highest BCUT2D eigenvalue weighted by atomic mass is 14.9. The molecule has 0 radical (unpaired) electrons. The summed E-state index contributed by atoms with van der Waals surface area (Å²) < 4.78 is 0. The first-order valence-corrected chi connectivity index (χ1v) is 8.92. The van der Waals surface area contributed by atoms with Crippen LogP contribution in [0.5, 0.6) is 0 Å². The van der Waals surface area contributed by atoms with Crippen molar-refractivity contribution in [3.63, 3.8) is 0 Å². The van der Waals surface area contributed by atoms with E-state index in [2.05, 4.69) is 49.6 Å². The maximum atomic E-state index is 3.51. The molecule has 4 bridgehead atoms. The number of benzene rings is 1. The van der Waals surface area contributed by atoms with E-state index >= 15 is 0 Å². The Morgan fingerprint density at radius 3 is 2.38 bits per heavy atom. The molecular formula is C20H29N. The lowest BCUT2D eigenvalue weighted by Crippen LogP contribution is -2.53. The minimum absolute atomic E-state index is 0.582. The minimum Gasteiger partial charge on any atom is -0.317 e. The summed E-state index contributed by atoms with van der Waals surface area (Å²) in [5.74, 6) is 3.85. The number of hydrogen-bond acceptors (Lipinski definition) is 1. The Labute approximate surface area is 129 Å². The predicted molar refractivity (Wildman–Crippen MR) is 88.3 cm³/mol. The van der Waals surface area contributed by atoms with Crippen LogP contribution in [0, 0.1) is 23.2 Å². The van der Waals surface area contributed by atoms with Crippen molar-refractivity contribution in [2.45, 2.75) is 57.4 Å². The van der Waals surface area contributed by atoms with Gasteiger partial charge < -0.3 is 5.32 Å². The lowest BCUT2D eigenvalue weighted by atomic mass is 9.43. The smallest absolute Gasteiger partial charge is 0.00412 e. The van der Waals surface area contributed by atoms with Crippen LogP contribution >= 0.6 is 0 Å². The molecule has 21 heavy (non-hydrogen) atoms. The first-order chi connectivity index (χ1) is 10.2. The summed E-state index contributed by atoms with van der Waals surface area (Å²) >= 11 is 0. The quantitative estimate of drug-likeness (QED) is 0.852. The zero-order valence-corrected chi connectivity index (χ0v) is 13.5. The molecule has 0 amide bonds. The van der Waals surface area contributed by atoms with E-state index in [4.69, 9.17) is 0 Å². The van der Waals surface area contributed by atoms with Gasteiger partial charge in [0.1, 0.15) is 0 Å². The van der Waals surface area contributed by atoms with Crippen LogP contribution in [0.3, 0.4) is 0 Å². The molecule has 0 aliphatic heterocycles. The van der Waals surface area contributed by atoms with Gasteiger partial charge in [0.05, 0.1) is 0 Å². The van der Waals surface area contributed by atoms with Gasteiger partial charge in [-0.1, -0.05) is 30.3 Å². The topological polar surface area (TPSA) is 12.0 Å². The molecule has 4 aliphatic carbocycles. The van der Waals surface area contributed by atoms with E-state index in [9.17, 15) is 0 Å². The van der Waals surface area contributed by atoms with E-state index in [1.54, 1.807) is 5.56 Å². The van der Waals surface area contributed by atoms with E-state index in [1.165, 1.54) is 38.5 Å². The Morgan fingerprint density at radius 2 is 1.76 bits per heavy atom. The number of nitrogens with one attached hydrogen (secondary N) is 1. The molecule has 0 spiro atoms. The van der Waals surface area contributed by atoms with Crippen molar-refractivity contribution in [2.75, 3.05) is 7.05 Å². The Balaban J connectivity index is 1.72. The molecule has 1 nitrogen and oxygen atoms in total. The molecule has 6 atom stereocenters. The molecule has 1 aromatic rings. The molecule has 0 aromatic heterocycles. The monoisotopic (exact) mass is 283 g/mol. The van der Waals surface area contributed by atoms with Crippen LogP contribution in [0.4, 0.5) is 0 Å². The van der Waals surface area contributed by atoms with Crippen LogP contribution < -0.4 is 5.32 Å². The van der Waals surface area contributed by atoms with Gasteiger partial charge in [0.15, 0.2) is 0 Å². The van der Waals surface area contributed by atoms with Crippen LogP contribution in [0.1, 0.15) is 56.9 Å². The van der Waals surface area contributed by atoms with Crippen LogP contribution in [0.2, 0.25) is 0 Å². The van der Waals surface area contributed by atoms with Gasteiger partial charge in [-0.25, -0.2) is 0 Å². The Bertz CT molecular complexity index is 480. The molecule has 114 valence electrons. The van der Waals surface area contributed by atoms with E-state index in [0.717, 1.165) is 23.7 Å². The van der Waals surface area contributed by atoms with Crippen molar-refractivity contribution in [3.8, 4) is 0 Å². The fourth-order valence-corrected chi connectivity index (χ4v) is 6.50. The molecule has 5 rings (SSSR count). The first kappa shape index (κ1) is 13.8. The molecule has 4 saturated carbocycles. The molecule has 1 N–H and O–H groups in total. The third-order valence-electron chi connectivity index (χ3n) is 6.82. The average Bonchev–Trinajstić information content (AvgIpc) is 2.46. The third kappa shape index (κ3) is 2.25. The van der Waals surface area contributed by atoms with Gasteiger partial charge >= 0.3 is 0 Å². The zero-order valence-electron chi connectivity index (χ0n) is 13.5. The van der Waals surface area contributed by atoms with Crippen LogP contribution in [0.25, 0.3) is 0 Å². The molecule has 1 heteroatoms. The normalized spacial score (nSPS) is 42.2. The van der Waals surface area contributed by atoms with Gasteiger partial charge in [-0.05, 0) is 87.1 Å². The largest absolute Gasteiger partial charge is 0.317 e. The standard InChI is InChI=1S/C20H29N/c1-14(21-2)11-20-12-15-8-16(13-20)10-18(9-15)19(20)17-6-4-3-5-7-17/h3-7,14-16,18-19,21H,8-13H2,1-2H3/t14-,15-,16+,18?,19-,20?/m1/s1. The predicted octanol–water partition coefficient (Wildman–Crippen LogP) is 4.59. The van der Waals surface area contributed by atoms with Crippen molar-refractivity contribution in [3.05, 3.63) is 35.9 Å². The third-order valence-corrected chi connectivity index (χ3v) is 6.82. The molecule has 1 aromatic carbocycles. The highest BCUT2D eigenvalue weighted by Gasteiger charge is 2.57. The maximum absolute atomic E-state index is 3.51. The summed E-state index contributed by atoms with van der Waals surface area (Å²) in [6, 6.07) is 12.1. The second-order valence-corrected chi connectivity index (χ2v) is 8.25. The molecule has 4 aliphatic rings. The number of rotatable bonds is 4. The van der Waals surface area contributed by atoms with Crippen LogP contribution in [0.15, 0.2) is 30.3 Å². The average molecular weight is 283 g/mol. The second kappa shape index (κ2) is 5.12. The van der Waals surface area contributed by atoms with Gasteiger partial charge in [0, 0.05) is 6.04 Å². The Hall–Kier alpha value is -0.820.